The predicted octanol–water partition coefficient (Wildman–Crippen LogP) is 1.41. The number of nitrogens with zero attached hydrogens (tertiary/aromatic N) is 2. The van der Waals surface area contributed by atoms with Gasteiger partial charge in [0.05, 0.1) is 24.5 Å². The van der Waals surface area contributed by atoms with Gasteiger partial charge in [-0.05, 0) is 13.8 Å². The number of hydrogen-bond acceptors (Lipinski definition) is 4. The molecule has 5 nitrogen and oxygen atoms in total. The summed E-state index contributed by atoms with van der Waals surface area (Å²) < 4.78 is 0. The third-order valence-electron chi connectivity index (χ3n) is 2.48. The molecule has 0 bridgehead atoms. The van der Waals surface area contributed by atoms with Crippen LogP contribution in [0.2, 0.25) is 0 Å². The quantitative estimate of drug-likeness (QED) is 0.775. The van der Waals surface area contributed by atoms with Crippen molar-refractivity contribution in [3.8, 4) is 0 Å². The molecule has 0 unspecified atom stereocenters. The lowest BCUT2D eigenvalue weighted by Crippen LogP contribution is -2.41. The summed E-state index contributed by atoms with van der Waals surface area (Å²) in [6.45, 7) is 4.86. The van der Waals surface area contributed by atoms with Crippen molar-refractivity contribution in [1.82, 2.24) is 15.2 Å². The third-order valence-corrected chi connectivity index (χ3v) is 3.65. The van der Waals surface area contributed by atoms with Crippen molar-refractivity contribution in [2.45, 2.75) is 26.1 Å². The van der Waals surface area contributed by atoms with Gasteiger partial charge in [-0.3, -0.25) is 9.59 Å². The number of amides is 2. The van der Waals surface area contributed by atoms with Gasteiger partial charge in [0.15, 0.2) is 0 Å². The Morgan fingerprint density at radius 2 is 2.21 bits per heavy atom. The van der Waals surface area contributed by atoms with Crippen LogP contribution < -0.4 is 5.32 Å². The molecule has 19 heavy (non-hydrogen) atoms. The summed E-state index contributed by atoms with van der Waals surface area (Å²) in [4.78, 5) is 29.3. The summed E-state index contributed by atoms with van der Waals surface area (Å²) in [6, 6.07) is 0. The van der Waals surface area contributed by atoms with E-state index in [2.05, 4.69) is 10.3 Å². The van der Waals surface area contributed by atoms with E-state index in [0.29, 0.717) is 19.0 Å². The number of thiazole rings is 1. The number of aromatic nitrogens is 1. The molecule has 0 aliphatic carbocycles. The molecular weight excluding hydrogens is 286 g/mol. The average Bonchev–Trinajstić information content (AvgIpc) is 2.83. The first-order valence-corrected chi connectivity index (χ1v) is 7.55. The van der Waals surface area contributed by atoms with Gasteiger partial charge in [-0.1, -0.05) is 0 Å². The van der Waals surface area contributed by atoms with Crippen LogP contribution in [0.15, 0.2) is 5.38 Å². The molecule has 0 aliphatic heterocycles. The van der Waals surface area contributed by atoms with E-state index < -0.39 is 0 Å². The Bertz CT molecular complexity index is 436. The number of alkyl halides is 1. The van der Waals surface area contributed by atoms with Gasteiger partial charge in [0, 0.05) is 18.5 Å². The van der Waals surface area contributed by atoms with Crippen LogP contribution in [-0.4, -0.2) is 41.3 Å². The van der Waals surface area contributed by atoms with Crippen molar-refractivity contribution < 1.29 is 9.59 Å². The molecule has 0 fully saturated rings. The highest BCUT2D eigenvalue weighted by molar-refractivity contribution is 7.09. The minimum atomic E-state index is -0.140. The number of carbonyl (C=O) groups is 2. The highest BCUT2D eigenvalue weighted by Gasteiger charge is 2.17. The number of rotatable bonds is 7. The van der Waals surface area contributed by atoms with Crippen molar-refractivity contribution in [2.24, 2.45) is 0 Å². The minimum Gasteiger partial charge on any atom is -0.355 e. The Hall–Kier alpha value is -1.14. The Morgan fingerprint density at radius 3 is 2.74 bits per heavy atom. The van der Waals surface area contributed by atoms with Gasteiger partial charge in [0.25, 0.3) is 0 Å². The summed E-state index contributed by atoms with van der Waals surface area (Å²) in [6.07, 6.45) is 0.217. The number of likely N-dealkylation sites (N-methyl/N-ethyl adjacent to an activating group) is 2. The fraction of sp³-hybridized carbons (Fsp3) is 0.583. The topological polar surface area (TPSA) is 62.3 Å². The van der Waals surface area contributed by atoms with Gasteiger partial charge in [-0.25, -0.2) is 4.98 Å². The maximum atomic E-state index is 12.1. The van der Waals surface area contributed by atoms with Crippen LogP contribution in [0.1, 0.15) is 24.5 Å². The molecule has 1 aromatic heterocycles. The van der Waals surface area contributed by atoms with Crippen LogP contribution in [0.5, 0.6) is 0 Å². The lowest BCUT2D eigenvalue weighted by Gasteiger charge is -2.19. The first-order chi connectivity index (χ1) is 9.10. The second-order valence-electron chi connectivity index (χ2n) is 3.90. The normalized spacial score (nSPS) is 10.3. The Kier molecular flexibility index (Phi) is 6.80. The number of nitrogens with one attached hydrogen (secondary N) is 1. The number of halogens is 1. The summed E-state index contributed by atoms with van der Waals surface area (Å²) >= 11 is 7.08. The van der Waals surface area contributed by atoms with Crippen LogP contribution in [0.3, 0.4) is 0 Å². The Balaban J connectivity index is 2.55. The van der Waals surface area contributed by atoms with Crippen molar-refractivity contribution >= 4 is 34.8 Å². The molecule has 106 valence electrons. The second kappa shape index (κ2) is 8.12. The van der Waals surface area contributed by atoms with Gasteiger partial charge in [-0.2, -0.15) is 0 Å². The van der Waals surface area contributed by atoms with Crippen LogP contribution in [0.25, 0.3) is 0 Å². The van der Waals surface area contributed by atoms with Gasteiger partial charge in [0.1, 0.15) is 5.01 Å². The molecular formula is C12H18ClN3O2S. The molecule has 0 aromatic carbocycles. The van der Waals surface area contributed by atoms with Crippen molar-refractivity contribution in [3.63, 3.8) is 0 Å². The van der Waals surface area contributed by atoms with E-state index in [1.165, 1.54) is 16.2 Å². The van der Waals surface area contributed by atoms with Crippen molar-refractivity contribution in [2.75, 3.05) is 19.6 Å². The maximum absolute atomic E-state index is 12.1. The monoisotopic (exact) mass is 303 g/mol. The summed E-state index contributed by atoms with van der Waals surface area (Å²) in [7, 11) is 0. The van der Waals surface area contributed by atoms with Crippen LogP contribution >= 0.6 is 22.9 Å². The molecule has 0 saturated heterocycles. The summed E-state index contributed by atoms with van der Waals surface area (Å²) in [5, 5.41) is 5.25. The summed E-state index contributed by atoms with van der Waals surface area (Å²) in [5.74, 6) is 0.115. The highest BCUT2D eigenvalue weighted by atomic mass is 35.5. The highest BCUT2D eigenvalue weighted by Crippen LogP contribution is 2.13. The first kappa shape index (κ1) is 15.9. The molecule has 0 aliphatic rings. The van der Waals surface area contributed by atoms with E-state index in [4.69, 9.17) is 11.6 Å². The molecule has 0 spiro atoms. The number of carbonyl (C=O) groups excluding carboxylic acids is 2. The van der Waals surface area contributed by atoms with E-state index in [1.54, 1.807) is 0 Å². The van der Waals surface area contributed by atoms with Gasteiger partial charge in [-0.15, -0.1) is 22.9 Å². The molecule has 1 rings (SSSR count). The Labute approximate surface area is 122 Å². The molecule has 1 N–H and O–H groups in total. The maximum Gasteiger partial charge on any atom is 0.239 e. The molecule has 1 aromatic rings. The van der Waals surface area contributed by atoms with Crippen molar-refractivity contribution in [1.29, 1.82) is 0 Å². The lowest BCUT2D eigenvalue weighted by atomic mass is 10.3. The van der Waals surface area contributed by atoms with E-state index in [-0.39, 0.29) is 24.8 Å². The molecule has 7 heteroatoms. The van der Waals surface area contributed by atoms with Crippen LogP contribution in [-0.2, 0) is 21.9 Å². The standard InChI is InChI=1S/C12H18ClN3O2S/c1-3-14-10(17)7-16(4-2)12(18)5-11-15-9(6-13)8-19-11/h8H,3-7H2,1-2H3,(H,14,17). The number of hydrogen-bond donors (Lipinski definition) is 1. The largest absolute Gasteiger partial charge is 0.355 e. The predicted molar refractivity (Wildman–Crippen MR) is 76.3 cm³/mol. The minimum absolute atomic E-state index is 0.0933. The SMILES string of the molecule is CCNC(=O)CN(CC)C(=O)Cc1nc(CCl)cs1. The molecule has 0 saturated carbocycles. The van der Waals surface area contributed by atoms with Crippen LogP contribution in [0, 0.1) is 0 Å². The lowest BCUT2D eigenvalue weighted by molar-refractivity contribution is -0.135. The van der Waals surface area contributed by atoms with E-state index >= 15 is 0 Å². The molecule has 1 heterocycles. The third kappa shape index (κ3) is 5.16. The first-order valence-electron chi connectivity index (χ1n) is 6.14. The van der Waals surface area contributed by atoms with Crippen molar-refractivity contribution in [3.05, 3.63) is 16.1 Å². The second-order valence-corrected chi connectivity index (χ2v) is 5.11. The summed E-state index contributed by atoms with van der Waals surface area (Å²) in [5.41, 5.74) is 0.779. The zero-order valence-corrected chi connectivity index (χ0v) is 12.7. The molecule has 0 radical (unpaired) electrons. The fourth-order valence-electron chi connectivity index (χ4n) is 1.54. The zero-order chi connectivity index (χ0) is 14.3. The van der Waals surface area contributed by atoms with E-state index in [9.17, 15) is 9.59 Å². The van der Waals surface area contributed by atoms with Gasteiger partial charge < -0.3 is 10.2 Å². The zero-order valence-electron chi connectivity index (χ0n) is 11.1. The van der Waals surface area contributed by atoms with Gasteiger partial charge in [0.2, 0.25) is 11.8 Å². The molecule has 2 amide bonds. The van der Waals surface area contributed by atoms with E-state index in [0.717, 1.165) is 10.7 Å². The fourth-order valence-corrected chi connectivity index (χ4v) is 2.55. The van der Waals surface area contributed by atoms with Gasteiger partial charge >= 0.3 is 0 Å². The van der Waals surface area contributed by atoms with Crippen LogP contribution in [0.4, 0.5) is 0 Å². The Morgan fingerprint density at radius 1 is 1.47 bits per heavy atom. The van der Waals surface area contributed by atoms with E-state index in [1.807, 2.05) is 19.2 Å². The molecule has 0 atom stereocenters. The smallest absolute Gasteiger partial charge is 0.239 e. The average molecular weight is 304 g/mol.